The summed E-state index contributed by atoms with van der Waals surface area (Å²) in [4.78, 5) is 37.0. The van der Waals surface area contributed by atoms with Crippen LogP contribution in [0.4, 0.5) is 0 Å². The van der Waals surface area contributed by atoms with Crippen LogP contribution < -0.4 is 16.2 Å². The van der Waals surface area contributed by atoms with E-state index < -0.39 is 11.5 Å². The minimum atomic E-state index is -0.405. The van der Waals surface area contributed by atoms with Crippen LogP contribution in [0.25, 0.3) is 0 Å². The van der Waals surface area contributed by atoms with Crippen molar-refractivity contribution in [2.45, 2.75) is 25.8 Å². The highest BCUT2D eigenvalue weighted by Crippen LogP contribution is 2.03. The molecule has 0 bridgehead atoms. The summed E-state index contributed by atoms with van der Waals surface area (Å²) in [6.07, 6.45) is 0.997. The van der Waals surface area contributed by atoms with Crippen LogP contribution in [0.5, 0.6) is 0 Å². The van der Waals surface area contributed by atoms with Crippen molar-refractivity contribution >= 4 is 11.8 Å². The molecule has 1 aliphatic rings. The van der Waals surface area contributed by atoms with Gasteiger partial charge in [0.2, 0.25) is 5.91 Å². The number of piperidine rings is 1. The highest BCUT2D eigenvalue weighted by Gasteiger charge is 2.21. The Balaban J connectivity index is 2.03. The molecule has 6 heteroatoms. The number of carbonyl (C=O) groups is 2. The van der Waals surface area contributed by atoms with Crippen molar-refractivity contribution in [3.05, 3.63) is 33.7 Å². The van der Waals surface area contributed by atoms with Crippen molar-refractivity contribution in [3.8, 4) is 0 Å². The van der Waals surface area contributed by atoms with Crippen molar-refractivity contribution in [3.63, 3.8) is 0 Å². The standard InChI is InChI=1S/C12H15N3O3/c1-7-2-4-9(11(17)14-7)12(18)15-8-3-5-10(16)13-6-8/h2,4,8H,3,5-6H2,1H3,(H,13,16)(H,14,17)(H,15,18). The van der Waals surface area contributed by atoms with E-state index in [1.54, 1.807) is 13.0 Å². The van der Waals surface area contributed by atoms with E-state index in [0.29, 0.717) is 25.1 Å². The van der Waals surface area contributed by atoms with Gasteiger partial charge in [-0.15, -0.1) is 0 Å². The second-order valence-electron chi connectivity index (χ2n) is 4.40. The molecule has 0 spiro atoms. The van der Waals surface area contributed by atoms with Crippen LogP contribution in [0.2, 0.25) is 0 Å². The summed E-state index contributed by atoms with van der Waals surface area (Å²) in [6, 6.07) is 3.07. The highest BCUT2D eigenvalue weighted by atomic mass is 16.2. The Bertz CT molecular complexity index is 526. The summed E-state index contributed by atoms with van der Waals surface area (Å²) in [5.74, 6) is -0.411. The topological polar surface area (TPSA) is 91.1 Å². The molecule has 0 aromatic carbocycles. The summed E-state index contributed by atoms with van der Waals surface area (Å²) in [7, 11) is 0. The predicted molar refractivity (Wildman–Crippen MR) is 65.3 cm³/mol. The van der Waals surface area contributed by atoms with Crippen molar-refractivity contribution in [2.24, 2.45) is 0 Å². The lowest BCUT2D eigenvalue weighted by atomic mass is 10.1. The number of aryl methyl sites for hydroxylation is 1. The third kappa shape index (κ3) is 2.77. The minimum Gasteiger partial charge on any atom is -0.354 e. The van der Waals surface area contributed by atoms with Crippen LogP contribution in [-0.2, 0) is 4.79 Å². The molecule has 6 nitrogen and oxygen atoms in total. The van der Waals surface area contributed by atoms with E-state index in [9.17, 15) is 14.4 Å². The minimum absolute atomic E-state index is 0.00585. The zero-order valence-electron chi connectivity index (χ0n) is 10.1. The normalized spacial score (nSPS) is 19.2. The van der Waals surface area contributed by atoms with Gasteiger partial charge in [-0.25, -0.2) is 0 Å². The van der Waals surface area contributed by atoms with E-state index in [1.165, 1.54) is 6.07 Å². The van der Waals surface area contributed by atoms with Gasteiger partial charge in [0.25, 0.3) is 11.5 Å². The second kappa shape index (κ2) is 5.03. The van der Waals surface area contributed by atoms with Gasteiger partial charge in [0.1, 0.15) is 5.56 Å². The van der Waals surface area contributed by atoms with E-state index in [2.05, 4.69) is 15.6 Å². The van der Waals surface area contributed by atoms with Gasteiger partial charge in [-0.3, -0.25) is 14.4 Å². The third-order valence-corrected chi connectivity index (χ3v) is 2.90. The second-order valence-corrected chi connectivity index (χ2v) is 4.40. The molecule has 0 radical (unpaired) electrons. The van der Waals surface area contributed by atoms with Gasteiger partial charge in [-0.2, -0.15) is 0 Å². The first-order valence-corrected chi connectivity index (χ1v) is 5.84. The maximum atomic E-state index is 11.9. The Morgan fingerprint density at radius 3 is 2.78 bits per heavy atom. The Morgan fingerprint density at radius 1 is 1.39 bits per heavy atom. The fraction of sp³-hybridized carbons (Fsp3) is 0.417. The van der Waals surface area contributed by atoms with E-state index in [-0.39, 0.29) is 17.5 Å². The fourth-order valence-corrected chi connectivity index (χ4v) is 1.87. The summed E-state index contributed by atoms with van der Waals surface area (Å²) in [6.45, 7) is 2.16. The van der Waals surface area contributed by atoms with Gasteiger partial charge < -0.3 is 15.6 Å². The van der Waals surface area contributed by atoms with E-state index in [1.807, 2.05) is 0 Å². The number of hydrogen-bond acceptors (Lipinski definition) is 3. The average Bonchev–Trinajstić information content (AvgIpc) is 2.32. The molecule has 96 valence electrons. The van der Waals surface area contributed by atoms with Crippen LogP contribution >= 0.6 is 0 Å². The molecule has 1 saturated heterocycles. The fourth-order valence-electron chi connectivity index (χ4n) is 1.87. The molecule has 0 saturated carbocycles. The summed E-state index contributed by atoms with van der Waals surface area (Å²) in [5.41, 5.74) is 0.409. The number of pyridine rings is 1. The number of aromatic amines is 1. The molecule has 0 aliphatic carbocycles. The molecular weight excluding hydrogens is 234 g/mol. The summed E-state index contributed by atoms with van der Waals surface area (Å²) < 4.78 is 0. The Kier molecular flexibility index (Phi) is 3.45. The molecule has 1 aliphatic heterocycles. The summed E-state index contributed by atoms with van der Waals surface area (Å²) >= 11 is 0. The number of rotatable bonds is 2. The van der Waals surface area contributed by atoms with E-state index in [4.69, 9.17) is 0 Å². The predicted octanol–water partition coefficient (Wildman–Crippen LogP) is -0.308. The first-order valence-electron chi connectivity index (χ1n) is 5.84. The lowest BCUT2D eigenvalue weighted by molar-refractivity contribution is -0.122. The van der Waals surface area contributed by atoms with Crippen LogP contribution in [0.3, 0.4) is 0 Å². The van der Waals surface area contributed by atoms with Gasteiger partial charge in [0, 0.05) is 24.7 Å². The number of nitrogens with one attached hydrogen (secondary N) is 3. The lowest BCUT2D eigenvalue weighted by Gasteiger charge is -2.23. The monoisotopic (exact) mass is 249 g/mol. The molecule has 1 aromatic rings. The number of amides is 2. The first-order chi connectivity index (χ1) is 8.56. The molecule has 2 rings (SSSR count). The smallest absolute Gasteiger partial charge is 0.260 e. The summed E-state index contributed by atoms with van der Waals surface area (Å²) in [5, 5.41) is 5.42. The molecular formula is C12H15N3O3. The van der Waals surface area contributed by atoms with Crippen molar-refractivity contribution in [2.75, 3.05) is 6.54 Å². The van der Waals surface area contributed by atoms with Crippen LogP contribution in [0, 0.1) is 6.92 Å². The van der Waals surface area contributed by atoms with Gasteiger partial charge in [0.05, 0.1) is 0 Å². The molecule has 1 aromatic heterocycles. The first kappa shape index (κ1) is 12.3. The van der Waals surface area contributed by atoms with Gasteiger partial charge >= 0.3 is 0 Å². The molecule has 1 atom stereocenters. The van der Waals surface area contributed by atoms with E-state index >= 15 is 0 Å². The van der Waals surface area contributed by atoms with Gasteiger partial charge in [0.15, 0.2) is 0 Å². The van der Waals surface area contributed by atoms with Crippen molar-refractivity contribution in [1.82, 2.24) is 15.6 Å². The highest BCUT2D eigenvalue weighted by molar-refractivity contribution is 5.94. The van der Waals surface area contributed by atoms with Crippen LogP contribution in [0.15, 0.2) is 16.9 Å². The number of hydrogen-bond donors (Lipinski definition) is 3. The average molecular weight is 249 g/mol. The Labute approximate surface area is 104 Å². The zero-order chi connectivity index (χ0) is 13.1. The molecule has 18 heavy (non-hydrogen) atoms. The number of aromatic nitrogens is 1. The number of carbonyl (C=O) groups excluding carboxylic acids is 2. The molecule has 2 amide bonds. The largest absolute Gasteiger partial charge is 0.354 e. The maximum Gasteiger partial charge on any atom is 0.260 e. The van der Waals surface area contributed by atoms with E-state index in [0.717, 1.165) is 0 Å². The Morgan fingerprint density at radius 2 is 2.17 bits per heavy atom. The Hall–Kier alpha value is -2.11. The SMILES string of the molecule is Cc1ccc(C(=O)NC2CCC(=O)NC2)c(=O)[nH]1. The molecule has 3 N–H and O–H groups in total. The molecule has 2 heterocycles. The quantitative estimate of drug-likeness (QED) is 0.671. The van der Waals surface area contributed by atoms with Crippen LogP contribution in [-0.4, -0.2) is 29.4 Å². The molecule has 1 unspecified atom stereocenters. The van der Waals surface area contributed by atoms with Crippen molar-refractivity contribution in [1.29, 1.82) is 0 Å². The van der Waals surface area contributed by atoms with Crippen LogP contribution in [0.1, 0.15) is 28.9 Å². The van der Waals surface area contributed by atoms with Crippen molar-refractivity contribution < 1.29 is 9.59 Å². The zero-order valence-corrected chi connectivity index (χ0v) is 10.1. The van der Waals surface area contributed by atoms with Gasteiger partial charge in [-0.1, -0.05) is 0 Å². The third-order valence-electron chi connectivity index (χ3n) is 2.90. The lowest BCUT2D eigenvalue weighted by Crippen LogP contribution is -2.48. The van der Waals surface area contributed by atoms with Gasteiger partial charge in [-0.05, 0) is 25.5 Å². The number of H-pyrrole nitrogens is 1. The molecule has 1 fully saturated rings. The maximum absolute atomic E-state index is 11.9.